The number of esters is 1. The molecule has 1 aromatic rings. The van der Waals surface area contributed by atoms with Crippen molar-refractivity contribution in [2.75, 3.05) is 20.7 Å². The third-order valence-electron chi connectivity index (χ3n) is 1.93. The second-order valence-electron chi connectivity index (χ2n) is 3.14. The number of ether oxygens (including phenoxy) is 1. The van der Waals surface area contributed by atoms with Crippen LogP contribution >= 0.6 is 0 Å². The van der Waals surface area contributed by atoms with E-state index in [-0.39, 0.29) is 5.97 Å². The Morgan fingerprint density at radius 1 is 1.64 bits per heavy atom. The lowest BCUT2D eigenvalue weighted by Crippen LogP contribution is -2.21. The maximum atomic E-state index is 10.8. The third kappa shape index (κ3) is 3.62. The zero-order chi connectivity index (χ0) is 10.4. The minimum absolute atomic E-state index is 0.184. The average Bonchev–Trinajstić information content (AvgIpc) is 2.66. The van der Waals surface area contributed by atoms with Gasteiger partial charge in [-0.3, -0.25) is 9.69 Å². The summed E-state index contributed by atoms with van der Waals surface area (Å²) in [6.07, 6.45) is 2.05. The molecular formula is C10H15NO3. The number of rotatable bonds is 5. The fraction of sp³-hybridized carbons (Fsp3) is 0.500. The summed E-state index contributed by atoms with van der Waals surface area (Å²) in [5.41, 5.74) is 0. The van der Waals surface area contributed by atoms with Crippen LogP contribution in [0.5, 0.6) is 0 Å². The first-order valence-electron chi connectivity index (χ1n) is 4.50. The summed E-state index contributed by atoms with van der Waals surface area (Å²) in [6.45, 7) is 1.39. The second-order valence-corrected chi connectivity index (χ2v) is 3.14. The van der Waals surface area contributed by atoms with Gasteiger partial charge in [-0.15, -0.1) is 0 Å². The Morgan fingerprint density at radius 3 is 3.00 bits per heavy atom. The van der Waals surface area contributed by atoms with Crippen LogP contribution in [0.1, 0.15) is 12.2 Å². The van der Waals surface area contributed by atoms with E-state index in [1.54, 1.807) is 6.26 Å². The molecule has 4 heteroatoms. The number of hydrogen-bond donors (Lipinski definition) is 0. The molecule has 0 aliphatic rings. The molecule has 4 nitrogen and oxygen atoms in total. The molecule has 1 heterocycles. The molecule has 78 valence electrons. The van der Waals surface area contributed by atoms with Crippen LogP contribution in [0.25, 0.3) is 0 Å². The fourth-order valence-corrected chi connectivity index (χ4v) is 1.13. The summed E-state index contributed by atoms with van der Waals surface area (Å²) in [4.78, 5) is 12.9. The van der Waals surface area contributed by atoms with E-state index in [1.807, 2.05) is 24.1 Å². The van der Waals surface area contributed by atoms with Crippen molar-refractivity contribution in [2.45, 2.75) is 13.0 Å². The lowest BCUT2D eigenvalue weighted by atomic mass is 10.3. The smallest absolute Gasteiger partial charge is 0.306 e. The zero-order valence-corrected chi connectivity index (χ0v) is 8.53. The minimum atomic E-state index is -0.184. The van der Waals surface area contributed by atoms with E-state index in [2.05, 4.69) is 4.74 Å². The summed E-state index contributed by atoms with van der Waals surface area (Å²) >= 11 is 0. The average molecular weight is 197 g/mol. The molecule has 0 saturated carbocycles. The van der Waals surface area contributed by atoms with E-state index in [9.17, 15) is 4.79 Å². The monoisotopic (exact) mass is 197 g/mol. The molecule has 0 bridgehead atoms. The summed E-state index contributed by atoms with van der Waals surface area (Å²) in [6, 6.07) is 3.76. The van der Waals surface area contributed by atoms with Gasteiger partial charge in [-0.25, -0.2) is 0 Å². The topological polar surface area (TPSA) is 42.7 Å². The Labute approximate surface area is 83.5 Å². The van der Waals surface area contributed by atoms with Crippen LogP contribution in [-0.4, -0.2) is 31.6 Å². The first kappa shape index (κ1) is 10.8. The van der Waals surface area contributed by atoms with E-state index in [0.717, 1.165) is 5.76 Å². The van der Waals surface area contributed by atoms with Crippen molar-refractivity contribution in [2.24, 2.45) is 0 Å². The molecule has 0 aliphatic heterocycles. The summed E-state index contributed by atoms with van der Waals surface area (Å²) in [5.74, 6) is 0.716. The van der Waals surface area contributed by atoms with E-state index in [1.165, 1.54) is 7.11 Å². The maximum Gasteiger partial charge on any atom is 0.306 e. The quantitative estimate of drug-likeness (QED) is 0.667. The molecule has 1 aromatic heterocycles. The van der Waals surface area contributed by atoms with Crippen molar-refractivity contribution in [1.29, 1.82) is 0 Å². The molecule has 1 rings (SSSR count). The van der Waals surface area contributed by atoms with Gasteiger partial charge < -0.3 is 9.15 Å². The molecule has 0 N–H and O–H groups in total. The number of hydrogen-bond acceptors (Lipinski definition) is 4. The highest BCUT2D eigenvalue weighted by molar-refractivity contribution is 5.69. The van der Waals surface area contributed by atoms with Crippen molar-refractivity contribution in [3.8, 4) is 0 Å². The van der Waals surface area contributed by atoms with Crippen LogP contribution in [0.2, 0.25) is 0 Å². The van der Waals surface area contributed by atoms with Crippen molar-refractivity contribution in [3.05, 3.63) is 24.2 Å². The number of nitrogens with zero attached hydrogens (tertiary/aromatic N) is 1. The SMILES string of the molecule is COC(=O)CCN(C)Cc1ccco1. The van der Waals surface area contributed by atoms with Crippen LogP contribution < -0.4 is 0 Å². The fourth-order valence-electron chi connectivity index (χ4n) is 1.13. The predicted octanol–water partition coefficient (Wildman–Crippen LogP) is 1.27. The Balaban J connectivity index is 2.22. The molecule has 0 saturated heterocycles. The molecule has 0 atom stereocenters. The van der Waals surface area contributed by atoms with Crippen LogP contribution in [-0.2, 0) is 16.1 Å². The lowest BCUT2D eigenvalue weighted by Gasteiger charge is -2.13. The van der Waals surface area contributed by atoms with E-state index >= 15 is 0 Å². The minimum Gasteiger partial charge on any atom is -0.469 e. The van der Waals surface area contributed by atoms with Crippen LogP contribution in [0.3, 0.4) is 0 Å². The highest BCUT2D eigenvalue weighted by Crippen LogP contribution is 2.03. The Hall–Kier alpha value is -1.29. The van der Waals surface area contributed by atoms with E-state index in [0.29, 0.717) is 19.5 Å². The first-order chi connectivity index (χ1) is 6.72. The van der Waals surface area contributed by atoms with Gasteiger partial charge in [-0.1, -0.05) is 0 Å². The predicted molar refractivity (Wildman–Crippen MR) is 51.7 cm³/mol. The number of methoxy groups -OCH3 is 1. The molecule has 0 aromatic carbocycles. The standard InChI is InChI=1S/C10H15NO3/c1-11(6-5-10(12)13-2)8-9-4-3-7-14-9/h3-4,7H,5-6,8H2,1-2H3. The van der Waals surface area contributed by atoms with E-state index in [4.69, 9.17) is 4.42 Å². The van der Waals surface area contributed by atoms with Gasteiger partial charge in [0.25, 0.3) is 0 Å². The summed E-state index contributed by atoms with van der Waals surface area (Å²) in [5, 5.41) is 0. The molecule has 0 aliphatic carbocycles. The molecular weight excluding hydrogens is 182 g/mol. The van der Waals surface area contributed by atoms with Crippen molar-refractivity contribution in [1.82, 2.24) is 4.90 Å². The first-order valence-corrected chi connectivity index (χ1v) is 4.50. The number of furan rings is 1. The van der Waals surface area contributed by atoms with Crippen LogP contribution in [0.15, 0.2) is 22.8 Å². The highest BCUT2D eigenvalue weighted by atomic mass is 16.5. The van der Waals surface area contributed by atoms with Crippen molar-refractivity contribution in [3.63, 3.8) is 0 Å². The number of carbonyl (C=O) groups is 1. The Morgan fingerprint density at radius 2 is 2.43 bits per heavy atom. The maximum absolute atomic E-state index is 10.8. The highest BCUT2D eigenvalue weighted by Gasteiger charge is 2.05. The normalized spacial score (nSPS) is 10.5. The molecule has 0 amide bonds. The Kier molecular flexibility index (Phi) is 4.19. The Bertz CT molecular complexity index is 269. The van der Waals surface area contributed by atoms with Gasteiger partial charge in [0.2, 0.25) is 0 Å². The summed E-state index contributed by atoms with van der Waals surface area (Å²) in [7, 11) is 3.33. The molecule has 0 radical (unpaired) electrons. The largest absolute Gasteiger partial charge is 0.469 e. The zero-order valence-electron chi connectivity index (χ0n) is 8.53. The van der Waals surface area contributed by atoms with Gasteiger partial charge in [-0.2, -0.15) is 0 Å². The lowest BCUT2D eigenvalue weighted by molar-refractivity contribution is -0.140. The van der Waals surface area contributed by atoms with E-state index < -0.39 is 0 Å². The van der Waals surface area contributed by atoms with Gasteiger partial charge in [0, 0.05) is 6.54 Å². The molecule has 0 fully saturated rings. The van der Waals surface area contributed by atoms with Crippen LogP contribution in [0, 0.1) is 0 Å². The second kappa shape index (κ2) is 5.44. The van der Waals surface area contributed by atoms with Crippen LogP contribution in [0.4, 0.5) is 0 Å². The van der Waals surface area contributed by atoms with Gasteiger partial charge >= 0.3 is 5.97 Å². The van der Waals surface area contributed by atoms with Gasteiger partial charge in [0.1, 0.15) is 5.76 Å². The molecule has 0 spiro atoms. The number of carbonyl (C=O) groups excluding carboxylic acids is 1. The molecule has 0 unspecified atom stereocenters. The summed E-state index contributed by atoms with van der Waals surface area (Å²) < 4.78 is 9.73. The van der Waals surface area contributed by atoms with Gasteiger partial charge in [0.05, 0.1) is 26.3 Å². The van der Waals surface area contributed by atoms with Gasteiger partial charge in [-0.05, 0) is 19.2 Å². The third-order valence-corrected chi connectivity index (χ3v) is 1.93. The van der Waals surface area contributed by atoms with Crippen molar-refractivity contribution < 1.29 is 13.9 Å². The van der Waals surface area contributed by atoms with Crippen molar-refractivity contribution >= 4 is 5.97 Å². The van der Waals surface area contributed by atoms with Gasteiger partial charge in [0.15, 0.2) is 0 Å². The molecule has 14 heavy (non-hydrogen) atoms.